The van der Waals surface area contributed by atoms with Crippen molar-refractivity contribution in [3.8, 4) is 0 Å². The monoisotopic (exact) mass is 265 g/mol. The van der Waals surface area contributed by atoms with Gasteiger partial charge in [0.25, 0.3) is 0 Å². The van der Waals surface area contributed by atoms with E-state index < -0.39 is 5.60 Å². The van der Waals surface area contributed by atoms with Gasteiger partial charge < -0.3 is 16.0 Å². The number of likely N-dealkylation sites (N-methyl/N-ethyl adjacent to an activating group) is 1. The Kier molecular flexibility index (Phi) is 5.32. The topological polar surface area (TPSA) is 82.1 Å². The van der Waals surface area contributed by atoms with Crippen LogP contribution >= 0.6 is 0 Å². The highest BCUT2D eigenvalue weighted by Crippen LogP contribution is 2.11. The molecule has 0 aliphatic carbocycles. The predicted molar refractivity (Wildman–Crippen MR) is 76.2 cm³/mol. The lowest BCUT2D eigenvalue weighted by Gasteiger charge is -2.28. The number of rotatable bonds is 6. The summed E-state index contributed by atoms with van der Waals surface area (Å²) in [5.74, 6) is 0.107. The fraction of sp³-hybridized carbons (Fsp3) is 0.500. The summed E-state index contributed by atoms with van der Waals surface area (Å²) in [6.45, 7) is 7.92. The molecule has 0 fully saturated rings. The number of aliphatic hydroxyl groups is 1. The van der Waals surface area contributed by atoms with E-state index in [1.54, 1.807) is 13.8 Å². The molecule has 0 amide bonds. The molecule has 0 heterocycles. The number of oxime groups is 1. The molecule has 1 rings (SSSR count). The Labute approximate surface area is 114 Å². The average molecular weight is 265 g/mol. The minimum absolute atomic E-state index is 0.107. The Balaban J connectivity index is 2.71. The number of hydrogen-bond donors (Lipinski definition) is 3. The Hall–Kier alpha value is -1.59. The third-order valence-electron chi connectivity index (χ3n) is 2.82. The van der Waals surface area contributed by atoms with E-state index in [4.69, 9.17) is 10.9 Å². The Morgan fingerprint density at radius 3 is 2.32 bits per heavy atom. The van der Waals surface area contributed by atoms with Crippen molar-refractivity contribution < 1.29 is 10.3 Å². The molecular weight excluding hydrogens is 242 g/mol. The SMILES string of the molecule is CCN(Cc1ccc(C(N)=NO)cc1)CC(C)(C)O. The lowest BCUT2D eigenvalue weighted by Crippen LogP contribution is -2.38. The second-order valence-corrected chi connectivity index (χ2v) is 5.30. The van der Waals surface area contributed by atoms with Gasteiger partial charge in [-0.05, 0) is 26.0 Å². The van der Waals surface area contributed by atoms with E-state index in [2.05, 4.69) is 17.0 Å². The van der Waals surface area contributed by atoms with Crippen molar-refractivity contribution in [2.75, 3.05) is 13.1 Å². The molecule has 0 aliphatic rings. The Morgan fingerprint density at radius 1 is 1.32 bits per heavy atom. The molecule has 0 unspecified atom stereocenters. The van der Waals surface area contributed by atoms with Crippen molar-refractivity contribution in [2.45, 2.75) is 32.9 Å². The van der Waals surface area contributed by atoms with E-state index in [9.17, 15) is 5.11 Å². The van der Waals surface area contributed by atoms with Gasteiger partial charge in [-0.15, -0.1) is 0 Å². The lowest BCUT2D eigenvalue weighted by molar-refractivity contribution is 0.0353. The van der Waals surface area contributed by atoms with Gasteiger partial charge in [0.2, 0.25) is 0 Å². The molecule has 1 aromatic carbocycles. The van der Waals surface area contributed by atoms with E-state index in [1.807, 2.05) is 24.3 Å². The van der Waals surface area contributed by atoms with E-state index in [0.29, 0.717) is 12.1 Å². The second-order valence-electron chi connectivity index (χ2n) is 5.30. The summed E-state index contributed by atoms with van der Waals surface area (Å²) in [6.07, 6.45) is 0. The van der Waals surface area contributed by atoms with Gasteiger partial charge in [-0.3, -0.25) is 4.90 Å². The summed E-state index contributed by atoms with van der Waals surface area (Å²) in [7, 11) is 0. The molecule has 4 N–H and O–H groups in total. The maximum Gasteiger partial charge on any atom is 0.170 e. The molecule has 0 aliphatic heterocycles. The van der Waals surface area contributed by atoms with Crippen LogP contribution in [-0.4, -0.2) is 39.7 Å². The van der Waals surface area contributed by atoms with Crippen LogP contribution in [0.4, 0.5) is 0 Å². The fourth-order valence-electron chi connectivity index (χ4n) is 1.92. The van der Waals surface area contributed by atoms with Gasteiger partial charge >= 0.3 is 0 Å². The van der Waals surface area contributed by atoms with Gasteiger partial charge in [0.1, 0.15) is 0 Å². The molecule has 1 aromatic rings. The maximum atomic E-state index is 9.84. The highest BCUT2D eigenvalue weighted by atomic mass is 16.4. The molecule has 0 saturated heterocycles. The van der Waals surface area contributed by atoms with Crippen molar-refractivity contribution in [3.05, 3.63) is 35.4 Å². The van der Waals surface area contributed by atoms with Crippen LogP contribution < -0.4 is 5.73 Å². The van der Waals surface area contributed by atoms with Crippen molar-refractivity contribution in [2.24, 2.45) is 10.9 Å². The Morgan fingerprint density at radius 2 is 1.89 bits per heavy atom. The highest BCUT2D eigenvalue weighted by molar-refractivity contribution is 5.96. The van der Waals surface area contributed by atoms with Crippen molar-refractivity contribution >= 4 is 5.84 Å². The van der Waals surface area contributed by atoms with Gasteiger partial charge in [0, 0.05) is 18.7 Å². The molecule has 106 valence electrons. The summed E-state index contributed by atoms with van der Waals surface area (Å²) in [6, 6.07) is 7.53. The van der Waals surface area contributed by atoms with Crippen LogP contribution in [0.2, 0.25) is 0 Å². The zero-order chi connectivity index (χ0) is 14.5. The standard InChI is InChI=1S/C14H23N3O2/c1-4-17(10-14(2,3)18)9-11-5-7-12(8-6-11)13(15)16-19/h5-8,18-19H,4,9-10H2,1-3H3,(H2,15,16). The Bertz CT molecular complexity index is 421. The van der Waals surface area contributed by atoms with Gasteiger partial charge in [-0.25, -0.2) is 0 Å². The normalized spacial score (nSPS) is 13.0. The van der Waals surface area contributed by atoms with Gasteiger partial charge in [-0.2, -0.15) is 0 Å². The summed E-state index contributed by atoms with van der Waals surface area (Å²) >= 11 is 0. The van der Waals surface area contributed by atoms with Gasteiger partial charge in [0.05, 0.1) is 5.60 Å². The van der Waals surface area contributed by atoms with Crippen LogP contribution in [-0.2, 0) is 6.54 Å². The van der Waals surface area contributed by atoms with Crippen molar-refractivity contribution in [1.82, 2.24) is 4.90 Å². The molecule has 19 heavy (non-hydrogen) atoms. The van der Waals surface area contributed by atoms with E-state index in [1.165, 1.54) is 0 Å². The molecule has 5 nitrogen and oxygen atoms in total. The molecule has 0 bridgehead atoms. The molecule has 0 spiro atoms. The van der Waals surface area contributed by atoms with Crippen molar-refractivity contribution in [1.29, 1.82) is 0 Å². The third-order valence-corrected chi connectivity index (χ3v) is 2.82. The first-order valence-electron chi connectivity index (χ1n) is 6.37. The number of benzene rings is 1. The van der Waals surface area contributed by atoms with E-state index in [-0.39, 0.29) is 5.84 Å². The fourth-order valence-corrected chi connectivity index (χ4v) is 1.92. The molecule has 0 atom stereocenters. The first-order valence-corrected chi connectivity index (χ1v) is 6.37. The molecular formula is C14H23N3O2. The third kappa shape index (κ3) is 5.28. The summed E-state index contributed by atoms with van der Waals surface area (Å²) < 4.78 is 0. The number of hydrogen-bond acceptors (Lipinski definition) is 4. The van der Waals surface area contributed by atoms with Crippen LogP contribution in [0.15, 0.2) is 29.4 Å². The largest absolute Gasteiger partial charge is 0.409 e. The smallest absolute Gasteiger partial charge is 0.170 e. The van der Waals surface area contributed by atoms with Crippen molar-refractivity contribution in [3.63, 3.8) is 0 Å². The van der Waals surface area contributed by atoms with Crippen LogP contribution in [0.25, 0.3) is 0 Å². The minimum Gasteiger partial charge on any atom is -0.409 e. The first kappa shape index (κ1) is 15.5. The first-order chi connectivity index (χ1) is 8.85. The maximum absolute atomic E-state index is 9.84. The number of amidine groups is 1. The molecule has 5 heteroatoms. The quantitative estimate of drug-likeness (QED) is 0.314. The second kappa shape index (κ2) is 6.54. The summed E-state index contributed by atoms with van der Waals surface area (Å²) in [5.41, 5.74) is 6.62. The summed E-state index contributed by atoms with van der Waals surface area (Å²) in [5, 5.41) is 21.4. The zero-order valence-electron chi connectivity index (χ0n) is 11.8. The number of nitrogens with zero attached hydrogens (tertiary/aromatic N) is 2. The van der Waals surface area contributed by atoms with E-state index >= 15 is 0 Å². The van der Waals surface area contributed by atoms with Crippen LogP contribution in [0.3, 0.4) is 0 Å². The van der Waals surface area contributed by atoms with Crippen LogP contribution in [0.5, 0.6) is 0 Å². The molecule has 0 radical (unpaired) electrons. The zero-order valence-corrected chi connectivity index (χ0v) is 11.8. The van der Waals surface area contributed by atoms with Crippen LogP contribution in [0.1, 0.15) is 31.9 Å². The molecule has 0 saturated carbocycles. The van der Waals surface area contributed by atoms with E-state index in [0.717, 1.165) is 18.7 Å². The molecule has 0 aromatic heterocycles. The lowest BCUT2D eigenvalue weighted by atomic mass is 10.1. The predicted octanol–water partition coefficient (Wildman–Crippen LogP) is 1.37. The van der Waals surface area contributed by atoms with Crippen LogP contribution in [0, 0.1) is 0 Å². The summed E-state index contributed by atoms with van der Waals surface area (Å²) in [4.78, 5) is 2.17. The number of nitrogens with two attached hydrogens (primary N) is 1. The van der Waals surface area contributed by atoms with Gasteiger partial charge in [0.15, 0.2) is 5.84 Å². The average Bonchev–Trinajstić information content (AvgIpc) is 2.36. The minimum atomic E-state index is -0.704. The van der Waals surface area contributed by atoms with Gasteiger partial charge in [-0.1, -0.05) is 36.3 Å². The highest BCUT2D eigenvalue weighted by Gasteiger charge is 2.17.